The fourth-order valence-electron chi connectivity index (χ4n) is 4.09. The smallest absolute Gasteiger partial charge is 0.338 e. The molecule has 1 saturated heterocycles. The van der Waals surface area contributed by atoms with E-state index in [4.69, 9.17) is 9.47 Å². The van der Waals surface area contributed by atoms with Gasteiger partial charge in [0.05, 0.1) is 34.7 Å². The van der Waals surface area contributed by atoms with Gasteiger partial charge in [-0.05, 0) is 50.1 Å². The number of carbonyl (C=O) groups is 1. The largest absolute Gasteiger partial charge is 0.454 e. The summed E-state index contributed by atoms with van der Waals surface area (Å²) in [6, 6.07) is 10.6. The first kappa shape index (κ1) is 23.4. The summed E-state index contributed by atoms with van der Waals surface area (Å²) in [4.78, 5) is 17.5. The van der Waals surface area contributed by atoms with E-state index in [1.807, 2.05) is 30.5 Å². The number of aryl methyl sites for hydroxylation is 3. The number of morpholine rings is 1. The number of esters is 1. The maximum Gasteiger partial charge on any atom is 0.338 e. The van der Waals surface area contributed by atoms with Crippen LogP contribution >= 0.6 is 0 Å². The van der Waals surface area contributed by atoms with Crippen molar-refractivity contribution >= 4 is 27.0 Å². The van der Waals surface area contributed by atoms with Gasteiger partial charge in [-0.1, -0.05) is 24.6 Å². The van der Waals surface area contributed by atoms with Crippen molar-refractivity contribution in [3.05, 3.63) is 58.9 Å². The number of fused-ring (bicyclic) bond motifs is 1. The number of ether oxygens (including phenoxy) is 2. The van der Waals surface area contributed by atoms with Crippen molar-refractivity contribution in [2.75, 3.05) is 26.3 Å². The second-order valence-corrected chi connectivity index (χ2v) is 10.2. The van der Waals surface area contributed by atoms with Crippen LogP contribution in [0.3, 0.4) is 0 Å². The van der Waals surface area contributed by atoms with Gasteiger partial charge in [-0.25, -0.2) is 18.2 Å². The van der Waals surface area contributed by atoms with Gasteiger partial charge in [0.1, 0.15) is 12.4 Å². The molecule has 1 aliphatic rings. The van der Waals surface area contributed by atoms with E-state index in [-0.39, 0.29) is 11.5 Å². The molecule has 0 atom stereocenters. The summed E-state index contributed by atoms with van der Waals surface area (Å²) >= 11 is 0. The lowest BCUT2D eigenvalue weighted by molar-refractivity contribution is 0.0457. The van der Waals surface area contributed by atoms with Crippen molar-refractivity contribution < 1.29 is 22.7 Å². The van der Waals surface area contributed by atoms with Gasteiger partial charge in [-0.3, -0.25) is 0 Å². The van der Waals surface area contributed by atoms with E-state index in [0.29, 0.717) is 49.8 Å². The van der Waals surface area contributed by atoms with Gasteiger partial charge >= 0.3 is 5.97 Å². The molecule has 0 N–H and O–H groups in total. The zero-order valence-corrected chi connectivity index (χ0v) is 20.0. The molecule has 1 aliphatic heterocycles. The van der Waals surface area contributed by atoms with Crippen molar-refractivity contribution in [1.82, 2.24) is 13.9 Å². The molecule has 0 spiro atoms. The van der Waals surface area contributed by atoms with E-state index < -0.39 is 16.0 Å². The Kier molecular flexibility index (Phi) is 6.83. The first-order valence-electron chi connectivity index (χ1n) is 11.1. The Morgan fingerprint density at radius 1 is 1.12 bits per heavy atom. The normalized spacial score (nSPS) is 15.1. The Morgan fingerprint density at radius 3 is 2.58 bits per heavy atom. The van der Waals surface area contributed by atoms with Crippen molar-refractivity contribution in [2.24, 2.45) is 0 Å². The van der Waals surface area contributed by atoms with Crippen LogP contribution in [0.15, 0.2) is 41.3 Å². The number of sulfonamides is 1. The summed E-state index contributed by atoms with van der Waals surface area (Å²) in [5.74, 6) is 0.184. The second-order valence-electron chi connectivity index (χ2n) is 8.24. The maximum absolute atomic E-state index is 13.0. The van der Waals surface area contributed by atoms with Gasteiger partial charge in [-0.2, -0.15) is 4.31 Å². The molecule has 0 radical (unpaired) electrons. The number of aromatic nitrogens is 2. The van der Waals surface area contributed by atoms with Crippen molar-refractivity contribution in [2.45, 2.75) is 45.2 Å². The van der Waals surface area contributed by atoms with Crippen LogP contribution < -0.4 is 0 Å². The zero-order valence-electron chi connectivity index (χ0n) is 19.2. The molecule has 0 aliphatic carbocycles. The van der Waals surface area contributed by atoms with Gasteiger partial charge in [0.25, 0.3) is 0 Å². The molecule has 0 unspecified atom stereocenters. The molecule has 2 heterocycles. The molecule has 0 amide bonds. The average molecular weight is 472 g/mol. The molecule has 0 saturated carbocycles. The summed E-state index contributed by atoms with van der Waals surface area (Å²) in [6.07, 6.45) is 0.858. The summed E-state index contributed by atoms with van der Waals surface area (Å²) in [7, 11) is -3.62. The predicted octanol–water partition coefficient (Wildman–Crippen LogP) is 3.44. The fourth-order valence-corrected chi connectivity index (χ4v) is 5.52. The number of nitrogens with zero attached hydrogens (tertiary/aromatic N) is 3. The second kappa shape index (κ2) is 9.62. The molecule has 4 rings (SSSR count). The quantitative estimate of drug-likeness (QED) is 0.490. The average Bonchev–Trinajstić information content (AvgIpc) is 3.15. The molecule has 3 aromatic rings. The van der Waals surface area contributed by atoms with Crippen LogP contribution in [0.5, 0.6) is 0 Å². The Morgan fingerprint density at radius 2 is 1.88 bits per heavy atom. The number of imidazole rings is 1. The molecular weight excluding hydrogens is 442 g/mol. The van der Waals surface area contributed by atoms with Crippen molar-refractivity contribution in [3.63, 3.8) is 0 Å². The van der Waals surface area contributed by atoms with Gasteiger partial charge in [0, 0.05) is 19.6 Å². The van der Waals surface area contributed by atoms with E-state index >= 15 is 0 Å². The van der Waals surface area contributed by atoms with Gasteiger partial charge in [0.15, 0.2) is 0 Å². The third-order valence-electron chi connectivity index (χ3n) is 5.79. The van der Waals surface area contributed by atoms with Crippen LogP contribution in [0.4, 0.5) is 0 Å². The fraction of sp³-hybridized carbons (Fsp3) is 0.417. The Bertz CT molecular complexity index is 1280. The molecule has 9 heteroatoms. The zero-order chi connectivity index (χ0) is 23.6. The highest BCUT2D eigenvalue weighted by Gasteiger charge is 2.27. The third kappa shape index (κ3) is 4.80. The third-order valence-corrected chi connectivity index (χ3v) is 7.68. The first-order valence-corrected chi connectivity index (χ1v) is 12.6. The topological polar surface area (TPSA) is 90.7 Å². The minimum atomic E-state index is -3.62. The predicted molar refractivity (Wildman–Crippen MR) is 125 cm³/mol. The number of rotatable bonds is 7. The Hall–Kier alpha value is -2.75. The summed E-state index contributed by atoms with van der Waals surface area (Å²) in [5.41, 5.74) is 3.85. The number of hydrogen-bond donors (Lipinski definition) is 0. The molecule has 8 nitrogen and oxygen atoms in total. The lowest BCUT2D eigenvalue weighted by Crippen LogP contribution is -2.40. The molecule has 2 aromatic carbocycles. The highest BCUT2D eigenvalue weighted by Crippen LogP contribution is 2.24. The van der Waals surface area contributed by atoms with E-state index in [1.54, 1.807) is 24.3 Å². The number of benzene rings is 2. The summed E-state index contributed by atoms with van der Waals surface area (Å²) < 4.78 is 40.4. The van der Waals surface area contributed by atoms with E-state index in [9.17, 15) is 13.2 Å². The van der Waals surface area contributed by atoms with Gasteiger partial charge in [0.2, 0.25) is 10.0 Å². The Balaban J connectivity index is 1.61. The maximum atomic E-state index is 13.0. The van der Waals surface area contributed by atoms with Gasteiger partial charge < -0.3 is 14.0 Å². The molecule has 176 valence electrons. The van der Waals surface area contributed by atoms with Crippen molar-refractivity contribution in [3.8, 4) is 0 Å². The highest BCUT2D eigenvalue weighted by atomic mass is 32.2. The molecule has 1 aromatic heterocycles. The van der Waals surface area contributed by atoms with E-state index in [2.05, 4.69) is 11.9 Å². The van der Waals surface area contributed by atoms with Crippen LogP contribution in [0, 0.1) is 13.8 Å². The van der Waals surface area contributed by atoms with Gasteiger partial charge in [-0.15, -0.1) is 0 Å². The minimum absolute atomic E-state index is 0.00633. The van der Waals surface area contributed by atoms with E-state index in [1.165, 1.54) is 4.31 Å². The Labute approximate surface area is 194 Å². The van der Waals surface area contributed by atoms with Crippen LogP contribution in [0.2, 0.25) is 0 Å². The molecule has 1 fully saturated rings. The van der Waals surface area contributed by atoms with Crippen LogP contribution in [0.1, 0.15) is 40.7 Å². The lowest BCUT2D eigenvalue weighted by atomic mass is 10.1. The standard InChI is InChI=1S/C24H29N3O5S/c1-4-9-27-22-8-6-19(33(29,30)26-10-12-31-13-11-26)15-21(22)25-23(27)16-32-24(28)20-7-5-17(2)14-18(20)3/h5-8,14-15H,4,9-13,16H2,1-3H3. The first-order chi connectivity index (χ1) is 15.8. The SMILES string of the molecule is CCCn1c(COC(=O)c2ccc(C)cc2C)nc2cc(S(=O)(=O)N3CCOCC3)ccc21. The van der Waals surface area contributed by atoms with Crippen molar-refractivity contribution in [1.29, 1.82) is 0 Å². The van der Waals surface area contributed by atoms with E-state index in [0.717, 1.165) is 23.1 Å². The minimum Gasteiger partial charge on any atom is -0.454 e. The highest BCUT2D eigenvalue weighted by molar-refractivity contribution is 7.89. The number of hydrogen-bond acceptors (Lipinski definition) is 6. The number of carbonyl (C=O) groups excluding carboxylic acids is 1. The monoisotopic (exact) mass is 471 g/mol. The molecular formula is C24H29N3O5S. The van der Waals surface area contributed by atoms with Crippen LogP contribution in [-0.2, 0) is 32.6 Å². The van der Waals surface area contributed by atoms with Crippen LogP contribution in [-0.4, -0.2) is 54.5 Å². The summed E-state index contributed by atoms with van der Waals surface area (Å²) in [6.45, 7) is 8.05. The lowest BCUT2D eigenvalue weighted by Gasteiger charge is -2.26. The summed E-state index contributed by atoms with van der Waals surface area (Å²) in [5, 5.41) is 0. The van der Waals surface area contributed by atoms with Crippen LogP contribution in [0.25, 0.3) is 11.0 Å². The molecule has 33 heavy (non-hydrogen) atoms. The molecule has 0 bridgehead atoms.